The molecule has 0 amide bonds. The molecule has 5 nitrogen and oxygen atoms in total. The zero-order chi connectivity index (χ0) is 10.6. The maximum Gasteiger partial charge on any atom is 0.270 e. The standard InChI is InChI=1S/C7H7IN3O2P/c8-14-10-7-2-1-6(11(12)13)3-5(7)4-9/h1-4,9-10,14H. The molecule has 1 unspecified atom stereocenters. The lowest BCUT2D eigenvalue weighted by molar-refractivity contribution is -0.384. The summed E-state index contributed by atoms with van der Waals surface area (Å²) in [5, 5.41) is 20.6. The molecule has 1 aromatic carbocycles. The maximum absolute atomic E-state index is 10.4. The van der Waals surface area contributed by atoms with Crippen LogP contribution >= 0.6 is 28.4 Å². The fraction of sp³-hybridized carbons (Fsp3) is 0. The topological polar surface area (TPSA) is 79.0 Å². The molecule has 74 valence electrons. The number of hydrogen-bond acceptors (Lipinski definition) is 4. The molecule has 1 rings (SSSR count). The predicted octanol–water partition coefficient (Wildman–Crippen LogP) is 2.95. The van der Waals surface area contributed by atoms with Gasteiger partial charge in [-0.15, -0.1) is 0 Å². The molecule has 0 spiro atoms. The molecule has 0 radical (unpaired) electrons. The summed E-state index contributed by atoms with van der Waals surface area (Å²) in [6.45, 7) is 0. The van der Waals surface area contributed by atoms with Gasteiger partial charge in [-0.3, -0.25) is 10.1 Å². The first-order valence-corrected chi connectivity index (χ1v) is 7.71. The summed E-state index contributed by atoms with van der Waals surface area (Å²) in [5.41, 5.74) is 1.28. The second-order valence-electron chi connectivity index (χ2n) is 2.39. The fourth-order valence-electron chi connectivity index (χ4n) is 0.948. The van der Waals surface area contributed by atoms with Crippen LogP contribution < -0.4 is 5.09 Å². The van der Waals surface area contributed by atoms with E-state index in [1.165, 1.54) is 12.1 Å². The van der Waals surface area contributed by atoms with Crippen LogP contribution in [0.4, 0.5) is 11.4 Å². The molecule has 0 aliphatic rings. The molecule has 0 aliphatic heterocycles. The smallest absolute Gasteiger partial charge is 0.270 e. The third-order valence-corrected chi connectivity index (χ3v) is 2.76. The summed E-state index contributed by atoms with van der Waals surface area (Å²) in [6, 6.07) is 4.42. The number of halogens is 1. The van der Waals surface area contributed by atoms with Gasteiger partial charge in [0.25, 0.3) is 5.69 Å². The van der Waals surface area contributed by atoms with Gasteiger partial charge in [-0.2, -0.15) is 0 Å². The highest BCUT2D eigenvalue weighted by atomic mass is 127. The van der Waals surface area contributed by atoms with Gasteiger partial charge in [0.1, 0.15) is 0 Å². The number of rotatable bonds is 4. The molecule has 0 saturated carbocycles. The number of anilines is 1. The Bertz CT molecular complexity index is 372. The lowest BCUT2D eigenvalue weighted by Crippen LogP contribution is -1.93. The monoisotopic (exact) mass is 323 g/mol. The molecule has 1 aromatic rings. The first-order valence-electron chi connectivity index (χ1n) is 3.59. The van der Waals surface area contributed by atoms with Gasteiger partial charge in [-0.25, -0.2) is 0 Å². The second kappa shape index (κ2) is 5.21. The molecule has 7 heteroatoms. The van der Waals surface area contributed by atoms with Crippen molar-refractivity contribution in [3.05, 3.63) is 33.9 Å². The maximum atomic E-state index is 10.4. The Hall–Kier alpha value is -0.750. The molecule has 0 aliphatic carbocycles. The average molecular weight is 323 g/mol. The Morgan fingerprint density at radius 3 is 2.86 bits per heavy atom. The van der Waals surface area contributed by atoms with Crippen LogP contribution in [0.25, 0.3) is 0 Å². The van der Waals surface area contributed by atoms with E-state index in [1.54, 1.807) is 6.07 Å². The molecular formula is C7H7IN3O2P. The van der Waals surface area contributed by atoms with Crippen molar-refractivity contribution >= 4 is 46.0 Å². The van der Waals surface area contributed by atoms with Crippen molar-refractivity contribution in [1.29, 1.82) is 5.41 Å². The van der Waals surface area contributed by atoms with Crippen LogP contribution in [-0.2, 0) is 0 Å². The summed E-state index contributed by atoms with van der Waals surface area (Å²) >= 11 is 2.15. The van der Waals surface area contributed by atoms with Gasteiger partial charge in [0.2, 0.25) is 0 Å². The third kappa shape index (κ3) is 2.62. The van der Waals surface area contributed by atoms with Crippen molar-refractivity contribution < 1.29 is 4.92 Å². The highest BCUT2D eigenvalue weighted by molar-refractivity contribution is 14.2. The Kier molecular flexibility index (Phi) is 4.21. The van der Waals surface area contributed by atoms with Crippen LogP contribution in [-0.4, -0.2) is 11.1 Å². The summed E-state index contributed by atoms with van der Waals surface area (Å²) in [5.74, 6) is 0. The number of benzene rings is 1. The summed E-state index contributed by atoms with van der Waals surface area (Å²) < 4.78 is 0. The number of hydrogen-bond donors (Lipinski definition) is 2. The van der Waals surface area contributed by atoms with Crippen LogP contribution in [0.15, 0.2) is 18.2 Å². The Morgan fingerprint density at radius 1 is 1.64 bits per heavy atom. The first kappa shape index (κ1) is 11.3. The number of non-ortho nitro benzene ring substituents is 1. The number of nitro groups is 1. The average Bonchev–Trinajstić information content (AvgIpc) is 2.18. The minimum Gasteiger partial charge on any atom is -0.358 e. The van der Waals surface area contributed by atoms with Gasteiger partial charge < -0.3 is 10.5 Å². The molecule has 14 heavy (non-hydrogen) atoms. The van der Waals surface area contributed by atoms with E-state index in [2.05, 4.69) is 27.1 Å². The third-order valence-electron chi connectivity index (χ3n) is 1.58. The Morgan fingerprint density at radius 2 is 2.36 bits per heavy atom. The van der Waals surface area contributed by atoms with Crippen LogP contribution in [0.5, 0.6) is 0 Å². The Balaban J connectivity index is 3.11. The highest BCUT2D eigenvalue weighted by Gasteiger charge is 2.08. The zero-order valence-corrected chi connectivity index (χ0v) is 10.1. The lowest BCUT2D eigenvalue weighted by Gasteiger charge is -2.05. The zero-order valence-electron chi connectivity index (χ0n) is 6.95. The van der Waals surface area contributed by atoms with E-state index in [0.29, 0.717) is 11.9 Å². The Labute approximate surface area is 95.3 Å². The summed E-state index contributed by atoms with van der Waals surface area (Å²) in [6.07, 6.45) is 1.58. The fourth-order valence-corrected chi connectivity index (χ4v) is 2.15. The van der Waals surface area contributed by atoms with E-state index >= 15 is 0 Å². The van der Waals surface area contributed by atoms with E-state index < -0.39 is 4.92 Å². The summed E-state index contributed by atoms with van der Waals surface area (Å²) in [4.78, 5) is 9.98. The van der Waals surface area contributed by atoms with Crippen LogP contribution in [0.1, 0.15) is 5.56 Å². The second-order valence-corrected chi connectivity index (χ2v) is 4.45. The largest absolute Gasteiger partial charge is 0.358 e. The molecule has 0 heterocycles. The lowest BCUT2D eigenvalue weighted by atomic mass is 10.2. The molecule has 0 aromatic heterocycles. The highest BCUT2D eigenvalue weighted by Crippen LogP contribution is 2.28. The predicted molar refractivity (Wildman–Crippen MR) is 66.9 cm³/mol. The van der Waals surface area contributed by atoms with Gasteiger partial charge >= 0.3 is 0 Å². The van der Waals surface area contributed by atoms with Gasteiger partial charge in [-0.05, 0) is 28.1 Å². The van der Waals surface area contributed by atoms with Gasteiger partial charge in [0.05, 0.1) is 4.92 Å². The molecule has 2 N–H and O–H groups in total. The van der Waals surface area contributed by atoms with Crippen LogP contribution in [0, 0.1) is 15.5 Å². The van der Waals surface area contributed by atoms with E-state index in [-0.39, 0.29) is 5.69 Å². The number of nitro benzene ring substituents is 1. The molecular weight excluding hydrogens is 316 g/mol. The van der Waals surface area contributed by atoms with Crippen molar-refractivity contribution in [2.45, 2.75) is 0 Å². The SMILES string of the molecule is N=Cc1cc([N+](=O)[O-])ccc1NPI. The molecule has 1 atom stereocenters. The van der Waals surface area contributed by atoms with Crippen molar-refractivity contribution in [3.63, 3.8) is 0 Å². The van der Waals surface area contributed by atoms with Gasteiger partial charge in [0.15, 0.2) is 0 Å². The van der Waals surface area contributed by atoms with Crippen molar-refractivity contribution in [3.8, 4) is 0 Å². The minimum absolute atomic E-state index is 0.00541. The van der Waals surface area contributed by atoms with Crippen molar-refractivity contribution in [2.24, 2.45) is 0 Å². The van der Waals surface area contributed by atoms with E-state index in [0.717, 1.165) is 11.9 Å². The first-order chi connectivity index (χ1) is 6.69. The van der Waals surface area contributed by atoms with E-state index in [9.17, 15) is 10.1 Å². The number of nitrogens with one attached hydrogen (secondary N) is 2. The number of nitrogens with zero attached hydrogens (tertiary/aromatic N) is 1. The van der Waals surface area contributed by atoms with Gasteiger partial charge in [0, 0.05) is 36.0 Å². The van der Waals surface area contributed by atoms with E-state index in [4.69, 9.17) is 5.41 Å². The molecule has 0 bridgehead atoms. The van der Waals surface area contributed by atoms with Crippen molar-refractivity contribution in [1.82, 2.24) is 0 Å². The van der Waals surface area contributed by atoms with Crippen LogP contribution in [0.3, 0.4) is 0 Å². The van der Waals surface area contributed by atoms with E-state index in [1.807, 2.05) is 0 Å². The quantitative estimate of drug-likeness (QED) is 0.294. The molecule has 0 saturated heterocycles. The molecule has 0 fully saturated rings. The van der Waals surface area contributed by atoms with Crippen molar-refractivity contribution in [2.75, 3.05) is 5.09 Å². The van der Waals surface area contributed by atoms with Crippen LogP contribution in [0.2, 0.25) is 0 Å². The summed E-state index contributed by atoms with van der Waals surface area (Å²) in [7, 11) is 0. The minimum atomic E-state index is -0.469. The normalized spacial score (nSPS) is 10.4. The van der Waals surface area contributed by atoms with Gasteiger partial charge in [-0.1, -0.05) is 0 Å².